The van der Waals surface area contributed by atoms with Crippen LogP contribution in [0.3, 0.4) is 0 Å². The number of benzene rings is 2. The van der Waals surface area contributed by atoms with Crippen LogP contribution in [0.4, 0.5) is 0 Å². The van der Waals surface area contributed by atoms with Gasteiger partial charge in [-0.15, -0.1) is 11.8 Å². The third kappa shape index (κ3) is 3.52. The minimum atomic E-state index is 0.0731. The number of nitrogen functional groups attached to an aromatic ring is 1. The van der Waals surface area contributed by atoms with Crippen molar-refractivity contribution in [1.29, 1.82) is 5.41 Å². The maximum Gasteiger partial charge on any atom is 0.123 e. The van der Waals surface area contributed by atoms with E-state index >= 15 is 0 Å². The Hall–Kier alpha value is -1.45. The lowest BCUT2D eigenvalue weighted by molar-refractivity contribution is 1.29. The van der Waals surface area contributed by atoms with E-state index in [0.717, 1.165) is 16.2 Å². The summed E-state index contributed by atoms with van der Waals surface area (Å²) in [5.41, 5.74) is 8.87. The van der Waals surface area contributed by atoms with E-state index in [1.807, 2.05) is 18.2 Å². The van der Waals surface area contributed by atoms with Crippen molar-refractivity contribution < 1.29 is 0 Å². The lowest BCUT2D eigenvalue weighted by Gasteiger charge is -2.10. The first-order valence-corrected chi connectivity index (χ1v) is 7.25. The highest BCUT2D eigenvalue weighted by Crippen LogP contribution is 2.29. The van der Waals surface area contributed by atoms with Crippen molar-refractivity contribution in [1.82, 2.24) is 0 Å². The number of thioether (sulfide) groups is 1. The average Bonchev–Trinajstić information content (AvgIpc) is 2.37. The SMILES string of the molecule is Cc1ccccc1CSc1cc(Cl)ccc1C(=N)N. The quantitative estimate of drug-likeness (QED) is 0.503. The summed E-state index contributed by atoms with van der Waals surface area (Å²) in [4.78, 5) is 0.947. The van der Waals surface area contributed by atoms with Gasteiger partial charge in [0.25, 0.3) is 0 Å². The molecule has 4 heteroatoms. The van der Waals surface area contributed by atoms with Gasteiger partial charge < -0.3 is 5.73 Å². The van der Waals surface area contributed by atoms with Gasteiger partial charge in [0.05, 0.1) is 0 Å². The lowest BCUT2D eigenvalue weighted by Crippen LogP contribution is -2.12. The Kier molecular flexibility index (Phi) is 4.51. The predicted molar refractivity (Wildman–Crippen MR) is 83.2 cm³/mol. The van der Waals surface area contributed by atoms with Gasteiger partial charge >= 0.3 is 0 Å². The van der Waals surface area contributed by atoms with Crippen molar-refractivity contribution in [3.63, 3.8) is 0 Å². The molecule has 0 amide bonds. The van der Waals surface area contributed by atoms with Crippen LogP contribution < -0.4 is 5.73 Å². The predicted octanol–water partition coefficient (Wildman–Crippen LogP) is 4.22. The third-order valence-corrected chi connectivity index (χ3v) is 4.22. The Morgan fingerprint density at radius 1 is 1.26 bits per heavy atom. The molecule has 19 heavy (non-hydrogen) atoms. The number of hydrogen-bond donors (Lipinski definition) is 2. The first kappa shape index (κ1) is 14.0. The molecule has 0 bridgehead atoms. The fraction of sp³-hybridized carbons (Fsp3) is 0.133. The number of hydrogen-bond acceptors (Lipinski definition) is 2. The topological polar surface area (TPSA) is 49.9 Å². The molecule has 0 atom stereocenters. The number of amidine groups is 1. The van der Waals surface area contributed by atoms with Gasteiger partial charge in [-0.1, -0.05) is 35.9 Å². The van der Waals surface area contributed by atoms with Crippen LogP contribution in [-0.2, 0) is 5.75 Å². The molecule has 3 N–H and O–H groups in total. The van der Waals surface area contributed by atoms with Crippen molar-refractivity contribution in [2.75, 3.05) is 0 Å². The van der Waals surface area contributed by atoms with Crippen molar-refractivity contribution in [2.45, 2.75) is 17.6 Å². The lowest BCUT2D eigenvalue weighted by atomic mass is 10.1. The summed E-state index contributed by atoms with van der Waals surface area (Å²) < 4.78 is 0. The molecule has 0 aliphatic rings. The molecule has 0 heterocycles. The molecule has 0 aromatic heterocycles. The first-order valence-electron chi connectivity index (χ1n) is 5.89. The highest BCUT2D eigenvalue weighted by molar-refractivity contribution is 7.98. The van der Waals surface area contributed by atoms with E-state index in [9.17, 15) is 0 Å². The Morgan fingerprint density at radius 3 is 2.68 bits per heavy atom. The van der Waals surface area contributed by atoms with Crippen LogP contribution in [0.5, 0.6) is 0 Å². The molecule has 0 spiro atoms. The number of aryl methyl sites for hydroxylation is 1. The van der Waals surface area contributed by atoms with Gasteiger partial charge in [0.2, 0.25) is 0 Å². The first-order chi connectivity index (χ1) is 9.08. The molecule has 2 nitrogen and oxygen atoms in total. The second-order valence-electron chi connectivity index (χ2n) is 4.27. The molecule has 0 radical (unpaired) electrons. The standard InChI is InChI=1S/C15H15ClN2S/c1-10-4-2-3-5-11(10)9-19-14-8-12(16)6-7-13(14)15(17)18/h2-8H,9H2,1H3,(H3,17,18). The monoisotopic (exact) mass is 290 g/mol. The van der Waals surface area contributed by atoms with Crippen LogP contribution in [-0.4, -0.2) is 5.84 Å². The van der Waals surface area contributed by atoms with E-state index in [4.69, 9.17) is 22.7 Å². The average molecular weight is 291 g/mol. The summed E-state index contributed by atoms with van der Waals surface area (Å²) in [6.07, 6.45) is 0. The molecular weight excluding hydrogens is 276 g/mol. The molecule has 2 rings (SSSR count). The molecule has 0 unspecified atom stereocenters. The Labute approximate surface area is 122 Å². The van der Waals surface area contributed by atoms with Gasteiger partial charge in [0.15, 0.2) is 0 Å². The molecule has 2 aromatic rings. The smallest absolute Gasteiger partial charge is 0.123 e. The number of rotatable bonds is 4. The number of nitrogens with one attached hydrogen (secondary N) is 1. The van der Waals surface area contributed by atoms with Crippen LogP contribution in [0.25, 0.3) is 0 Å². The molecule has 0 saturated heterocycles. The summed E-state index contributed by atoms with van der Waals surface area (Å²) in [6.45, 7) is 2.10. The van der Waals surface area contributed by atoms with E-state index in [0.29, 0.717) is 5.02 Å². The summed E-state index contributed by atoms with van der Waals surface area (Å²) in [5, 5.41) is 8.26. The van der Waals surface area contributed by atoms with Crippen molar-refractivity contribution >= 4 is 29.2 Å². The van der Waals surface area contributed by atoms with Crippen molar-refractivity contribution in [2.24, 2.45) is 5.73 Å². The summed E-state index contributed by atoms with van der Waals surface area (Å²) in [5.74, 6) is 0.914. The normalized spacial score (nSPS) is 10.4. The number of halogens is 1. The zero-order valence-electron chi connectivity index (χ0n) is 10.6. The third-order valence-electron chi connectivity index (χ3n) is 2.88. The molecule has 2 aromatic carbocycles. The van der Waals surface area contributed by atoms with Gasteiger partial charge in [0.1, 0.15) is 5.84 Å². The van der Waals surface area contributed by atoms with Crippen LogP contribution in [0.1, 0.15) is 16.7 Å². The van der Waals surface area contributed by atoms with Gasteiger partial charge in [0, 0.05) is 21.2 Å². The highest BCUT2D eigenvalue weighted by Gasteiger charge is 2.08. The van der Waals surface area contributed by atoms with E-state index in [-0.39, 0.29) is 5.84 Å². The fourth-order valence-corrected chi connectivity index (χ4v) is 3.18. The minimum absolute atomic E-state index is 0.0731. The summed E-state index contributed by atoms with van der Waals surface area (Å²) in [7, 11) is 0. The molecule has 0 saturated carbocycles. The maximum atomic E-state index is 7.59. The van der Waals surface area contributed by atoms with Crippen LogP contribution in [0.15, 0.2) is 47.4 Å². The fourth-order valence-electron chi connectivity index (χ4n) is 1.77. The zero-order chi connectivity index (χ0) is 13.8. The number of nitrogens with two attached hydrogens (primary N) is 1. The van der Waals surface area contributed by atoms with Crippen LogP contribution >= 0.6 is 23.4 Å². The van der Waals surface area contributed by atoms with Crippen LogP contribution in [0.2, 0.25) is 5.02 Å². The molecule has 98 valence electrons. The minimum Gasteiger partial charge on any atom is -0.384 e. The Balaban J connectivity index is 2.22. The maximum absolute atomic E-state index is 7.59. The summed E-state index contributed by atoms with van der Waals surface area (Å²) >= 11 is 7.66. The van der Waals surface area contributed by atoms with E-state index in [1.165, 1.54) is 11.1 Å². The van der Waals surface area contributed by atoms with Gasteiger partial charge in [-0.3, -0.25) is 5.41 Å². The van der Waals surface area contributed by atoms with Gasteiger partial charge in [-0.2, -0.15) is 0 Å². The molecule has 0 aliphatic carbocycles. The molecule has 0 fully saturated rings. The Morgan fingerprint density at radius 2 is 2.00 bits per heavy atom. The van der Waals surface area contributed by atoms with Gasteiger partial charge in [-0.25, -0.2) is 0 Å². The van der Waals surface area contributed by atoms with Gasteiger partial charge in [-0.05, 0) is 36.2 Å². The largest absolute Gasteiger partial charge is 0.384 e. The van der Waals surface area contributed by atoms with Crippen LogP contribution in [0, 0.1) is 12.3 Å². The molecule has 0 aliphatic heterocycles. The Bertz CT molecular complexity index is 611. The van der Waals surface area contributed by atoms with E-state index in [2.05, 4.69) is 19.1 Å². The second kappa shape index (κ2) is 6.13. The van der Waals surface area contributed by atoms with Crippen molar-refractivity contribution in [3.05, 3.63) is 64.2 Å². The van der Waals surface area contributed by atoms with Crippen molar-refractivity contribution in [3.8, 4) is 0 Å². The zero-order valence-corrected chi connectivity index (χ0v) is 12.2. The molecular formula is C15H15ClN2S. The summed E-state index contributed by atoms with van der Waals surface area (Å²) in [6, 6.07) is 13.7. The highest BCUT2D eigenvalue weighted by atomic mass is 35.5. The van der Waals surface area contributed by atoms with E-state index < -0.39 is 0 Å². The second-order valence-corrected chi connectivity index (χ2v) is 5.72. The van der Waals surface area contributed by atoms with E-state index in [1.54, 1.807) is 23.9 Å².